The van der Waals surface area contributed by atoms with Crippen LogP contribution >= 0.6 is 0 Å². The Labute approximate surface area is 199 Å². The minimum Gasteiger partial charge on any atom is -0.480 e. The summed E-state index contributed by atoms with van der Waals surface area (Å²) in [6, 6.07) is 15.3. The fourth-order valence-electron chi connectivity index (χ4n) is 5.02. The molecular weight excluding hydrogens is 432 g/mol. The molecule has 180 valence electrons. The third kappa shape index (κ3) is 4.79. The Balaban J connectivity index is 1.37. The van der Waals surface area contributed by atoms with Gasteiger partial charge in [0.2, 0.25) is 5.91 Å². The van der Waals surface area contributed by atoms with Gasteiger partial charge < -0.3 is 20.5 Å². The predicted molar refractivity (Wildman–Crippen MR) is 128 cm³/mol. The Morgan fingerprint density at radius 2 is 1.65 bits per heavy atom. The SMILES string of the molecule is CC[C@H](C)[C@H](NC(=O)CC1(NC(=O)OCC2c3ccccc3-c3ccccc32)CCC1)C(=O)O. The minimum atomic E-state index is -1.05. The second kappa shape index (κ2) is 9.87. The summed E-state index contributed by atoms with van der Waals surface area (Å²) in [6.45, 7) is 3.89. The number of fused-ring (bicyclic) bond motifs is 3. The molecule has 2 aromatic carbocycles. The lowest BCUT2D eigenvalue weighted by atomic mass is 9.74. The number of carboxylic acids is 1. The van der Waals surface area contributed by atoms with Crippen LogP contribution in [0.25, 0.3) is 11.1 Å². The van der Waals surface area contributed by atoms with E-state index >= 15 is 0 Å². The normalized spacial score (nSPS) is 17.5. The zero-order chi connectivity index (χ0) is 24.3. The number of aliphatic carboxylic acids is 1. The van der Waals surface area contributed by atoms with Gasteiger partial charge in [0.25, 0.3) is 0 Å². The van der Waals surface area contributed by atoms with E-state index in [1.165, 1.54) is 0 Å². The van der Waals surface area contributed by atoms with Gasteiger partial charge in [0.05, 0.1) is 5.54 Å². The van der Waals surface area contributed by atoms with E-state index in [4.69, 9.17) is 4.74 Å². The molecule has 1 fully saturated rings. The number of rotatable bonds is 9. The summed E-state index contributed by atoms with van der Waals surface area (Å²) in [5, 5.41) is 15.0. The Hall–Kier alpha value is -3.35. The van der Waals surface area contributed by atoms with Gasteiger partial charge in [-0.05, 0) is 47.4 Å². The molecule has 2 aromatic rings. The molecule has 7 nitrogen and oxygen atoms in total. The van der Waals surface area contributed by atoms with Crippen LogP contribution in [0, 0.1) is 5.92 Å². The smallest absolute Gasteiger partial charge is 0.407 e. The molecule has 1 saturated carbocycles. The Morgan fingerprint density at radius 1 is 1.06 bits per heavy atom. The lowest BCUT2D eigenvalue weighted by molar-refractivity contribution is -0.143. The lowest BCUT2D eigenvalue weighted by Gasteiger charge is -2.42. The van der Waals surface area contributed by atoms with Gasteiger partial charge in [0.15, 0.2) is 0 Å². The Morgan fingerprint density at radius 3 is 2.15 bits per heavy atom. The predicted octanol–water partition coefficient (Wildman–Crippen LogP) is 4.45. The molecule has 2 amide bonds. The summed E-state index contributed by atoms with van der Waals surface area (Å²) in [6.07, 6.45) is 2.34. The molecule has 0 bridgehead atoms. The fraction of sp³-hybridized carbons (Fsp3) is 0.444. The molecule has 0 unspecified atom stereocenters. The second-order valence-electron chi connectivity index (χ2n) is 9.53. The summed E-state index contributed by atoms with van der Waals surface area (Å²) in [5.74, 6) is -1.64. The molecule has 34 heavy (non-hydrogen) atoms. The molecule has 2 aliphatic carbocycles. The van der Waals surface area contributed by atoms with Crippen LogP contribution in [-0.4, -0.2) is 41.3 Å². The number of carboxylic acid groups (broad SMARTS) is 1. The number of alkyl carbamates (subject to hydrolysis) is 1. The first kappa shape index (κ1) is 23.8. The number of ether oxygens (including phenoxy) is 1. The highest BCUT2D eigenvalue weighted by atomic mass is 16.5. The largest absolute Gasteiger partial charge is 0.480 e. The van der Waals surface area contributed by atoms with E-state index < -0.39 is 23.6 Å². The highest BCUT2D eigenvalue weighted by Gasteiger charge is 2.42. The van der Waals surface area contributed by atoms with E-state index in [1.807, 2.05) is 31.2 Å². The van der Waals surface area contributed by atoms with Gasteiger partial charge in [0, 0.05) is 12.3 Å². The first-order valence-corrected chi connectivity index (χ1v) is 12.0. The average Bonchev–Trinajstić information content (AvgIpc) is 3.13. The van der Waals surface area contributed by atoms with E-state index in [0.29, 0.717) is 19.3 Å². The van der Waals surface area contributed by atoms with Gasteiger partial charge in [-0.25, -0.2) is 9.59 Å². The van der Waals surface area contributed by atoms with Crippen molar-refractivity contribution in [3.63, 3.8) is 0 Å². The van der Waals surface area contributed by atoms with Crippen LogP contribution in [0.3, 0.4) is 0 Å². The molecule has 0 aromatic heterocycles. The van der Waals surface area contributed by atoms with E-state index in [9.17, 15) is 19.5 Å². The quantitative estimate of drug-likeness (QED) is 0.508. The number of carbonyl (C=O) groups excluding carboxylic acids is 2. The van der Waals surface area contributed by atoms with Crippen LogP contribution in [0.5, 0.6) is 0 Å². The molecule has 0 saturated heterocycles. The van der Waals surface area contributed by atoms with Gasteiger partial charge in [-0.15, -0.1) is 0 Å². The zero-order valence-electron chi connectivity index (χ0n) is 19.7. The summed E-state index contributed by atoms with van der Waals surface area (Å²) >= 11 is 0. The molecule has 0 aliphatic heterocycles. The average molecular weight is 465 g/mol. The van der Waals surface area contributed by atoms with Crippen molar-refractivity contribution in [2.24, 2.45) is 5.92 Å². The maximum absolute atomic E-state index is 12.7. The van der Waals surface area contributed by atoms with Crippen molar-refractivity contribution in [1.29, 1.82) is 0 Å². The standard InChI is InChI=1S/C27H32N2O5/c1-3-17(2)24(25(31)32)28-23(30)15-27(13-8-14-27)29-26(33)34-16-22-20-11-6-4-9-18(20)19-10-5-7-12-21(19)22/h4-7,9-12,17,22,24H,3,8,13-16H2,1-2H3,(H,28,30)(H,29,33)(H,31,32)/t17-,24-/m0/s1. The van der Waals surface area contributed by atoms with E-state index in [-0.39, 0.29) is 30.8 Å². The molecular formula is C27H32N2O5. The summed E-state index contributed by atoms with van der Waals surface area (Å²) in [4.78, 5) is 36.9. The number of hydrogen-bond donors (Lipinski definition) is 3. The second-order valence-corrected chi connectivity index (χ2v) is 9.53. The van der Waals surface area contributed by atoms with Crippen molar-refractivity contribution in [3.05, 3.63) is 59.7 Å². The van der Waals surface area contributed by atoms with Gasteiger partial charge in [-0.2, -0.15) is 0 Å². The maximum atomic E-state index is 12.7. The minimum absolute atomic E-state index is 0.0364. The summed E-state index contributed by atoms with van der Waals surface area (Å²) in [7, 11) is 0. The van der Waals surface area contributed by atoms with Crippen molar-refractivity contribution in [2.45, 2.75) is 63.5 Å². The Kier molecular flexibility index (Phi) is 6.91. The third-order valence-corrected chi connectivity index (χ3v) is 7.32. The first-order valence-electron chi connectivity index (χ1n) is 12.0. The number of nitrogens with one attached hydrogen (secondary N) is 2. The number of carbonyl (C=O) groups is 3. The van der Waals surface area contributed by atoms with Gasteiger partial charge in [-0.3, -0.25) is 4.79 Å². The van der Waals surface area contributed by atoms with Crippen molar-refractivity contribution >= 4 is 18.0 Å². The van der Waals surface area contributed by atoms with Crippen LogP contribution in [0.4, 0.5) is 4.79 Å². The van der Waals surface area contributed by atoms with Crippen LogP contribution in [0.2, 0.25) is 0 Å². The molecule has 7 heteroatoms. The topological polar surface area (TPSA) is 105 Å². The molecule has 0 heterocycles. The lowest BCUT2D eigenvalue weighted by Crippen LogP contribution is -2.57. The summed E-state index contributed by atoms with van der Waals surface area (Å²) < 4.78 is 5.65. The van der Waals surface area contributed by atoms with Crippen molar-refractivity contribution in [3.8, 4) is 11.1 Å². The number of amides is 2. The van der Waals surface area contributed by atoms with E-state index in [0.717, 1.165) is 28.7 Å². The molecule has 0 radical (unpaired) electrons. The van der Waals surface area contributed by atoms with Gasteiger partial charge in [-0.1, -0.05) is 68.8 Å². The van der Waals surface area contributed by atoms with Crippen LogP contribution in [0.15, 0.2) is 48.5 Å². The van der Waals surface area contributed by atoms with Gasteiger partial charge >= 0.3 is 12.1 Å². The van der Waals surface area contributed by atoms with Gasteiger partial charge in [0.1, 0.15) is 12.6 Å². The Bertz CT molecular complexity index is 1030. The first-order chi connectivity index (χ1) is 16.3. The van der Waals surface area contributed by atoms with Crippen molar-refractivity contribution < 1.29 is 24.2 Å². The molecule has 4 rings (SSSR count). The highest BCUT2D eigenvalue weighted by Crippen LogP contribution is 2.44. The number of hydrogen-bond acceptors (Lipinski definition) is 4. The monoisotopic (exact) mass is 464 g/mol. The molecule has 3 N–H and O–H groups in total. The zero-order valence-corrected chi connectivity index (χ0v) is 19.7. The fourth-order valence-corrected chi connectivity index (χ4v) is 5.02. The summed E-state index contributed by atoms with van der Waals surface area (Å²) in [5.41, 5.74) is 3.91. The molecule has 0 spiro atoms. The van der Waals surface area contributed by atoms with E-state index in [2.05, 4.69) is 34.9 Å². The van der Waals surface area contributed by atoms with Crippen molar-refractivity contribution in [2.75, 3.05) is 6.61 Å². The molecule has 2 atom stereocenters. The van der Waals surface area contributed by atoms with E-state index in [1.54, 1.807) is 6.92 Å². The van der Waals surface area contributed by atoms with Crippen LogP contribution in [-0.2, 0) is 14.3 Å². The highest BCUT2D eigenvalue weighted by molar-refractivity contribution is 5.85. The molecule has 2 aliphatic rings. The maximum Gasteiger partial charge on any atom is 0.407 e. The van der Waals surface area contributed by atoms with Crippen LogP contribution in [0.1, 0.15) is 63.0 Å². The van der Waals surface area contributed by atoms with Crippen molar-refractivity contribution in [1.82, 2.24) is 10.6 Å². The van der Waals surface area contributed by atoms with Crippen LogP contribution < -0.4 is 10.6 Å². The third-order valence-electron chi connectivity index (χ3n) is 7.32. The number of benzene rings is 2.